The van der Waals surface area contributed by atoms with Crippen LogP contribution in [-0.2, 0) is 17.6 Å². The lowest BCUT2D eigenvalue weighted by molar-refractivity contribution is 0.0450. The van der Waals surface area contributed by atoms with E-state index >= 15 is 0 Å². The Morgan fingerprint density at radius 3 is 2.74 bits per heavy atom. The molecule has 1 unspecified atom stereocenters. The summed E-state index contributed by atoms with van der Waals surface area (Å²) in [5, 5.41) is 0. The molecule has 1 aromatic rings. The lowest BCUT2D eigenvalue weighted by Crippen LogP contribution is -2.41. The van der Waals surface area contributed by atoms with Crippen molar-refractivity contribution < 1.29 is 4.74 Å². The monoisotopic (exact) mass is 275 g/mol. The molecule has 0 aromatic heterocycles. The smallest absolute Gasteiger partial charge is 0.0594 e. The molecule has 19 heavy (non-hydrogen) atoms. The van der Waals surface area contributed by atoms with Crippen molar-refractivity contribution in [2.24, 2.45) is 5.92 Å². The van der Waals surface area contributed by atoms with E-state index in [1.165, 1.54) is 28.8 Å². The summed E-state index contributed by atoms with van der Waals surface area (Å²) in [5.74, 6) is 0.591. The van der Waals surface area contributed by atoms with E-state index in [0.717, 1.165) is 39.3 Å². The van der Waals surface area contributed by atoms with Gasteiger partial charge in [0, 0.05) is 24.5 Å². The van der Waals surface area contributed by atoms with Gasteiger partial charge in [-0.1, -0.05) is 36.5 Å². The molecule has 0 amide bonds. The Balaban J connectivity index is 1.59. The number of hydrogen-bond donors (Lipinski definition) is 0. The zero-order chi connectivity index (χ0) is 13.1. The number of ether oxygens (including phenoxy) is 1. The van der Waals surface area contributed by atoms with Gasteiger partial charge in [-0.05, 0) is 36.3 Å². The first-order valence-electron chi connectivity index (χ1n) is 7.22. The van der Waals surface area contributed by atoms with Crippen LogP contribution in [-0.4, -0.2) is 42.6 Å². The molecule has 102 valence electrons. The third kappa shape index (κ3) is 3.22. The normalized spacial score (nSPS) is 23.9. The highest BCUT2D eigenvalue weighted by molar-refractivity contribution is 7.80. The van der Waals surface area contributed by atoms with Crippen molar-refractivity contribution in [1.82, 2.24) is 4.90 Å². The third-order valence-corrected chi connectivity index (χ3v) is 4.75. The Hall–Kier alpha value is -0.770. The highest BCUT2D eigenvalue weighted by Crippen LogP contribution is 2.26. The molecule has 2 aliphatic rings. The number of nitrogens with zero attached hydrogens (tertiary/aromatic N) is 1. The molecule has 1 saturated heterocycles. The minimum Gasteiger partial charge on any atom is -0.379 e. The van der Waals surface area contributed by atoms with Crippen LogP contribution in [0.1, 0.15) is 17.5 Å². The van der Waals surface area contributed by atoms with Gasteiger partial charge < -0.3 is 4.74 Å². The highest BCUT2D eigenvalue weighted by Gasteiger charge is 2.23. The first kappa shape index (κ1) is 13.2. The van der Waals surface area contributed by atoms with Gasteiger partial charge in [-0.15, -0.1) is 0 Å². The molecular formula is C16H21NOS. The Morgan fingerprint density at radius 2 is 1.95 bits per heavy atom. The minimum absolute atomic E-state index is 0.591. The highest BCUT2D eigenvalue weighted by atomic mass is 32.1. The molecule has 1 fully saturated rings. The lowest BCUT2D eigenvalue weighted by atomic mass is 9.82. The van der Waals surface area contributed by atoms with Crippen molar-refractivity contribution in [1.29, 1.82) is 0 Å². The second-order valence-corrected chi connectivity index (χ2v) is 6.09. The van der Waals surface area contributed by atoms with E-state index in [2.05, 4.69) is 29.2 Å². The van der Waals surface area contributed by atoms with E-state index in [4.69, 9.17) is 17.0 Å². The first-order chi connectivity index (χ1) is 9.33. The lowest BCUT2D eigenvalue weighted by Gasteiger charge is -2.31. The van der Waals surface area contributed by atoms with Crippen LogP contribution in [0.25, 0.3) is 0 Å². The van der Waals surface area contributed by atoms with Gasteiger partial charge in [0.05, 0.1) is 13.2 Å². The van der Waals surface area contributed by atoms with E-state index in [-0.39, 0.29) is 0 Å². The molecule has 1 heterocycles. The van der Waals surface area contributed by atoms with Gasteiger partial charge in [0.15, 0.2) is 0 Å². The fraction of sp³-hybridized carbons (Fsp3) is 0.562. The zero-order valence-electron chi connectivity index (χ0n) is 11.3. The zero-order valence-corrected chi connectivity index (χ0v) is 12.1. The number of hydrogen-bond acceptors (Lipinski definition) is 3. The van der Waals surface area contributed by atoms with Gasteiger partial charge in [-0.25, -0.2) is 0 Å². The van der Waals surface area contributed by atoms with E-state index in [1.54, 1.807) is 0 Å². The van der Waals surface area contributed by atoms with Crippen molar-refractivity contribution in [3.05, 3.63) is 35.4 Å². The molecule has 1 aliphatic carbocycles. The summed E-state index contributed by atoms with van der Waals surface area (Å²) >= 11 is 5.70. The molecule has 2 nitrogen and oxygen atoms in total. The number of benzene rings is 1. The van der Waals surface area contributed by atoms with Crippen molar-refractivity contribution >= 4 is 17.1 Å². The largest absolute Gasteiger partial charge is 0.379 e. The van der Waals surface area contributed by atoms with E-state index in [0.29, 0.717) is 5.92 Å². The predicted molar refractivity (Wildman–Crippen MR) is 81.8 cm³/mol. The Labute approximate surface area is 120 Å². The molecule has 0 bridgehead atoms. The number of thiocarbonyl (C=S) groups is 1. The number of aryl methyl sites for hydroxylation is 1. The van der Waals surface area contributed by atoms with Crippen LogP contribution in [0.3, 0.4) is 0 Å². The maximum atomic E-state index is 5.70. The van der Waals surface area contributed by atoms with Gasteiger partial charge in [-0.2, -0.15) is 0 Å². The second-order valence-electron chi connectivity index (χ2n) is 5.56. The van der Waals surface area contributed by atoms with Gasteiger partial charge in [0.1, 0.15) is 0 Å². The molecule has 1 aromatic carbocycles. The van der Waals surface area contributed by atoms with E-state index in [1.807, 2.05) is 0 Å². The standard InChI is InChI=1S/C16H21NOS/c19-16(12-17-7-9-18-10-8-17)15-6-5-13-3-1-2-4-14(13)11-15/h1-4,15H,5-12H2. The summed E-state index contributed by atoms with van der Waals surface area (Å²) in [6.45, 7) is 4.75. The summed E-state index contributed by atoms with van der Waals surface area (Å²) < 4.78 is 5.39. The van der Waals surface area contributed by atoms with Crippen LogP contribution >= 0.6 is 12.2 Å². The van der Waals surface area contributed by atoms with Crippen LogP contribution in [0, 0.1) is 5.92 Å². The molecule has 1 atom stereocenters. The predicted octanol–water partition coefficient (Wildman–Crippen LogP) is 2.49. The summed E-state index contributed by atoms with van der Waals surface area (Å²) in [7, 11) is 0. The fourth-order valence-corrected chi connectivity index (χ4v) is 3.47. The van der Waals surface area contributed by atoms with Gasteiger partial charge in [-0.3, -0.25) is 4.90 Å². The van der Waals surface area contributed by atoms with Crippen molar-refractivity contribution in [3.63, 3.8) is 0 Å². The van der Waals surface area contributed by atoms with Crippen LogP contribution in [0.5, 0.6) is 0 Å². The van der Waals surface area contributed by atoms with E-state index in [9.17, 15) is 0 Å². The van der Waals surface area contributed by atoms with Crippen LogP contribution in [0.15, 0.2) is 24.3 Å². The van der Waals surface area contributed by atoms with Crippen molar-refractivity contribution in [3.8, 4) is 0 Å². The first-order valence-corrected chi connectivity index (χ1v) is 7.63. The molecule has 3 rings (SSSR count). The SMILES string of the molecule is S=C(CN1CCOCC1)C1CCc2ccccc2C1. The Kier molecular flexibility index (Phi) is 4.26. The topological polar surface area (TPSA) is 12.5 Å². The minimum atomic E-state index is 0.591. The Bertz CT molecular complexity index is 454. The molecule has 0 spiro atoms. The van der Waals surface area contributed by atoms with Crippen LogP contribution in [0.2, 0.25) is 0 Å². The fourth-order valence-electron chi connectivity index (χ4n) is 3.08. The quantitative estimate of drug-likeness (QED) is 0.787. The maximum absolute atomic E-state index is 5.70. The summed E-state index contributed by atoms with van der Waals surface area (Å²) in [6, 6.07) is 8.81. The number of morpholine rings is 1. The third-order valence-electron chi connectivity index (χ3n) is 4.29. The van der Waals surface area contributed by atoms with Crippen molar-refractivity contribution in [2.75, 3.05) is 32.8 Å². The molecule has 1 aliphatic heterocycles. The molecule has 0 radical (unpaired) electrons. The van der Waals surface area contributed by atoms with Crippen molar-refractivity contribution in [2.45, 2.75) is 19.3 Å². The van der Waals surface area contributed by atoms with Gasteiger partial charge >= 0.3 is 0 Å². The average Bonchev–Trinajstić information content (AvgIpc) is 2.48. The number of fused-ring (bicyclic) bond motifs is 1. The maximum Gasteiger partial charge on any atom is 0.0594 e. The molecule has 3 heteroatoms. The molecular weight excluding hydrogens is 254 g/mol. The second kappa shape index (κ2) is 6.12. The van der Waals surface area contributed by atoms with Crippen LogP contribution in [0.4, 0.5) is 0 Å². The van der Waals surface area contributed by atoms with E-state index < -0.39 is 0 Å². The summed E-state index contributed by atoms with van der Waals surface area (Å²) in [5.41, 5.74) is 3.02. The molecule has 0 N–H and O–H groups in total. The Morgan fingerprint density at radius 1 is 1.21 bits per heavy atom. The summed E-state index contributed by atoms with van der Waals surface area (Å²) in [4.78, 5) is 3.68. The number of rotatable bonds is 3. The average molecular weight is 275 g/mol. The van der Waals surface area contributed by atoms with Gasteiger partial charge in [0.2, 0.25) is 0 Å². The van der Waals surface area contributed by atoms with Crippen LogP contribution < -0.4 is 0 Å². The summed E-state index contributed by atoms with van der Waals surface area (Å²) in [6.07, 6.45) is 3.55. The van der Waals surface area contributed by atoms with Gasteiger partial charge in [0.25, 0.3) is 0 Å². The molecule has 0 saturated carbocycles.